The van der Waals surface area contributed by atoms with Crippen LogP contribution in [0.1, 0.15) is 39.2 Å². The summed E-state index contributed by atoms with van der Waals surface area (Å²) in [5.41, 5.74) is 1.02. The molecule has 140 valence electrons. The topological polar surface area (TPSA) is 66.2 Å². The van der Waals surface area contributed by atoms with Gasteiger partial charge >= 0.3 is 0 Å². The molecule has 1 unspecified atom stereocenters. The van der Waals surface area contributed by atoms with Gasteiger partial charge in [-0.15, -0.1) is 6.58 Å². The lowest BCUT2D eigenvalue weighted by Crippen LogP contribution is -2.29. The van der Waals surface area contributed by atoms with Crippen LogP contribution in [0.3, 0.4) is 0 Å². The summed E-state index contributed by atoms with van der Waals surface area (Å²) >= 11 is 0. The van der Waals surface area contributed by atoms with Crippen LogP contribution in [0.25, 0.3) is 0 Å². The van der Waals surface area contributed by atoms with Gasteiger partial charge in [0, 0.05) is 12.6 Å². The third-order valence-electron chi connectivity index (χ3n) is 4.18. The van der Waals surface area contributed by atoms with Crippen LogP contribution in [0, 0.1) is 6.92 Å². The maximum Gasteiger partial charge on any atom is 0.240 e. The summed E-state index contributed by atoms with van der Waals surface area (Å²) in [6.45, 7) is 12.0. The average Bonchev–Trinajstić information content (AvgIpc) is 3.23. The van der Waals surface area contributed by atoms with E-state index >= 15 is 0 Å². The number of nitrogens with one attached hydrogen (secondary N) is 1. The monoisotopic (exact) mass is 384 g/mol. The minimum absolute atomic E-state index is 0.119. The number of aryl methyl sites for hydroxylation is 1. The molecule has 0 saturated carbocycles. The van der Waals surface area contributed by atoms with Gasteiger partial charge in [-0.3, -0.25) is 0 Å². The maximum atomic E-state index is 12.5. The minimum Gasteiger partial charge on any atom is -0.242 e. The molecule has 1 aromatic rings. The number of hydrogen-bond donors (Lipinski definition) is 1. The van der Waals surface area contributed by atoms with Crippen LogP contribution in [-0.4, -0.2) is 40.3 Å². The Bertz CT molecular complexity index is 737. The van der Waals surface area contributed by atoms with Crippen molar-refractivity contribution in [2.45, 2.75) is 62.3 Å². The van der Waals surface area contributed by atoms with E-state index in [1.165, 1.54) is 0 Å². The zero-order chi connectivity index (χ0) is 18.8. The zero-order valence-corrected chi connectivity index (χ0v) is 17.0. The highest BCUT2D eigenvalue weighted by molar-refractivity contribution is 7.89. The lowest BCUT2D eigenvalue weighted by molar-refractivity contribution is 0.567. The van der Waals surface area contributed by atoms with Gasteiger partial charge < -0.3 is 0 Å². The van der Waals surface area contributed by atoms with Gasteiger partial charge in [-0.1, -0.05) is 23.8 Å². The van der Waals surface area contributed by atoms with Gasteiger partial charge in [-0.05, 0) is 52.7 Å². The molecule has 1 heterocycles. The fourth-order valence-corrected chi connectivity index (χ4v) is 5.28. The molecule has 0 spiro atoms. The summed E-state index contributed by atoms with van der Waals surface area (Å²) in [4.78, 5) is 0.281. The van der Waals surface area contributed by atoms with Crippen LogP contribution in [-0.2, 0) is 21.0 Å². The number of sulfonamides is 1. The van der Waals surface area contributed by atoms with Crippen LogP contribution in [0.5, 0.6) is 0 Å². The van der Waals surface area contributed by atoms with Crippen molar-refractivity contribution >= 4 is 21.0 Å². The Kier molecular flexibility index (Phi) is 6.25. The Morgan fingerprint density at radius 2 is 1.88 bits per heavy atom. The minimum atomic E-state index is -3.47. The number of nitrogens with zero attached hydrogens (tertiary/aromatic N) is 1. The summed E-state index contributed by atoms with van der Waals surface area (Å²) in [6.07, 6.45) is 3.30. The van der Waals surface area contributed by atoms with E-state index in [1.807, 2.05) is 38.1 Å². The molecule has 0 bridgehead atoms. The van der Waals surface area contributed by atoms with Gasteiger partial charge in [-0.25, -0.2) is 21.7 Å². The highest BCUT2D eigenvalue weighted by Crippen LogP contribution is 2.38. The molecule has 4 atom stereocenters. The van der Waals surface area contributed by atoms with E-state index in [2.05, 4.69) is 11.3 Å². The van der Waals surface area contributed by atoms with E-state index in [0.29, 0.717) is 13.0 Å². The molecule has 1 saturated heterocycles. The van der Waals surface area contributed by atoms with E-state index < -0.39 is 21.0 Å². The van der Waals surface area contributed by atoms with Gasteiger partial charge in [0.05, 0.1) is 15.7 Å². The van der Waals surface area contributed by atoms with Crippen LogP contribution in [0.15, 0.2) is 41.8 Å². The van der Waals surface area contributed by atoms with Crippen molar-refractivity contribution in [2.75, 3.05) is 6.54 Å². The SMILES string of the molecule is C=C[C@H]1[C@H](CCCNS(=O)(=O)c2ccc(C)cc2)N1[S@](=O)C(C)(C)C. The van der Waals surface area contributed by atoms with Crippen molar-refractivity contribution in [3.63, 3.8) is 0 Å². The molecule has 1 aromatic carbocycles. The van der Waals surface area contributed by atoms with Crippen molar-refractivity contribution in [1.29, 1.82) is 0 Å². The van der Waals surface area contributed by atoms with Crippen molar-refractivity contribution in [3.05, 3.63) is 42.5 Å². The maximum absolute atomic E-state index is 12.5. The lowest BCUT2D eigenvalue weighted by Gasteiger charge is -2.18. The molecule has 1 N–H and O–H groups in total. The Balaban J connectivity index is 1.84. The second kappa shape index (κ2) is 7.70. The van der Waals surface area contributed by atoms with Crippen molar-refractivity contribution < 1.29 is 12.6 Å². The Labute approximate surface area is 154 Å². The van der Waals surface area contributed by atoms with Gasteiger partial charge in [0.2, 0.25) is 10.0 Å². The highest BCUT2D eigenvalue weighted by atomic mass is 32.2. The highest BCUT2D eigenvalue weighted by Gasteiger charge is 2.51. The molecule has 25 heavy (non-hydrogen) atoms. The number of rotatable bonds is 8. The predicted octanol–water partition coefficient (Wildman–Crippen LogP) is 2.75. The number of benzene rings is 1. The molecular weight excluding hydrogens is 356 g/mol. The quantitative estimate of drug-likeness (QED) is 0.426. The third kappa shape index (κ3) is 5.00. The second-order valence-electron chi connectivity index (χ2n) is 7.37. The first kappa shape index (κ1) is 20.3. The fourth-order valence-electron chi connectivity index (χ4n) is 2.70. The first-order valence-corrected chi connectivity index (χ1v) is 11.1. The standard InChI is InChI=1S/C18H28N2O3S2/c1-6-16-17(20(16)24(21)18(3,4)5)8-7-13-19-25(22,23)15-11-9-14(2)10-12-15/h6,9-12,16-17,19H,1,7-8,13H2,2-5H3/t16-,17-,20?,24+/m0/s1. The normalized spacial score (nSPS) is 24.7. The van der Waals surface area contributed by atoms with Crippen LogP contribution >= 0.6 is 0 Å². The molecule has 1 aliphatic rings. The summed E-state index contributed by atoms with van der Waals surface area (Å²) in [6, 6.07) is 7.09. The molecule has 0 aromatic heterocycles. The first-order chi connectivity index (χ1) is 11.6. The average molecular weight is 385 g/mol. The van der Waals surface area contributed by atoms with Gasteiger partial charge in [0.25, 0.3) is 0 Å². The van der Waals surface area contributed by atoms with E-state index in [4.69, 9.17) is 0 Å². The Morgan fingerprint density at radius 1 is 1.28 bits per heavy atom. The molecule has 0 aliphatic carbocycles. The summed E-state index contributed by atoms with van der Waals surface area (Å²) in [7, 11) is -4.54. The van der Waals surface area contributed by atoms with E-state index in [9.17, 15) is 12.6 Å². The van der Waals surface area contributed by atoms with Gasteiger partial charge in [0.15, 0.2) is 0 Å². The molecular formula is C18H28N2O3S2. The first-order valence-electron chi connectivity index (χ1n) is 8.47. The molecule has 0 radical (unpaired) electrons. The number of hydrogen-bond acceptors (Lipinski definition) is 3. The predicted molar refractivity (Wildman–Crippen MR) is 103 cm³/mol. The zero-order valence-electron chi connectivity index (χ0n) is 15.4. The van der Waals surface area contributed by atoms with E-state index in [-0.39, 0.29) is 21.7 Å². The van der Waals surface area contributed by atoms with Crippen LogP contribution < -0.4 is 4.72 Å². The third-order valence-corrected chi connectivity index (χ3v) is 7.60. The summed E-state index contributed by atoms with van der Waals surface area (Å²) in [5, 5.41) is 0. The van der Waals surface area contributed by atoms with Gasteiger partial charge in [-0.2, -0.15) is 0 Å². The largest absolute Gasteiger partial charge is 0.242 e. The molecule has 1 aliphatic heterocycles. The molecule has 2 rings (SSSR count). The van der Waals surface area contributed by atoms with Crippen molar-refractivity contribution in [1.82, 2.24) is 9.03 Å². The smallest absolute Gasteiger partial charge is 0.240 e. The van der Waals surface area contributed by atoms with Crippen LogP contribution in [0.4, 0.5) is 0 Å². The fraction of sp³-hybridized carbons (Fsp3) is 0.556. The van der Waals surface area contributed by atoms with Gasteiger partial charge in [0.1, 0.15) is 11.0 Å². The Morgan fingerprint density at radius 3 is 2.40 bits per heavy atom. The lowest BCUT2D eigenvalue weighted by atomic mass is 10.2. The molecule has 0 amide bonds. The summed E-state index contributed by atoms with van der Waals surface area (Å²) in [5.74, 6) is 0. The van der Waals surface area contributed by atoms with E-state index in [1.54, 1.807) is 24.3 Å². The van der Waals surface area contributed by atoms with Crippen LogP contribution in [0.2, 0.25) is 0 Å². The van der Waals surface area contributed by atoms with E-state index in [0.717, 1.165) is 12.0 Å². The second-order valence-corrected chi connectivity index (χ2v) is 11.3. The molecule has 1 fully saturated rings. The van der Waals surface area contributed by atoms with Crippen molar-refractivity contribution in [2.24, 2.45) is 0 Å². The molecule has 5 nitrogen and oxygen atoms in total. The Hall–Kier alpha value is -1.02. The molecule has 7 heteroatoms. The summed E-state index contributed by atoms with van der Waals surface area (Å²) < 4.78 is 41.3. The van der Waals surface area contributed by atoms with Crippen molar-refractivity contribution in [3.8, 4) is 0 Å².